The van der Waals surface area contributed by atoms with Crippen LogP contribution in [0.5, 0.6) is 5.75 Å². The molecule has 0 saturated carbocycles. The Hall–Kier alpha value is -5.21. The number of anilines is 2. The van der Waals surface area contributed by atoms with E-state index in [4.69, 9.17) is 20.8 Å². The van der Waals surface area contributed by atoms with Crippen LogP contribution >= 0.6 is 11.6 Å². The summed E-state index contributed by atoms with van der Waals surface area (Å²) in [6.45, 7) is 5.58. The van der Waals surface area contributed by atoms with Crippen molar-refractivity contribution in [3.8, 4) is 5.75 Å². The number of nitrogens with zero attached hydrogens (tertiary/aromatic N) is 1. The first-order valence-corrected chi connectivity index (χ1v) is 14.1. The Kier molecular flexibility index (Phi) is 8.64. The average molecular weight is 609 g/mol. The molecule has 2 amide bonds. The fraction of sp³-hybridized carbons (Fsp3) is 0.143. The molecule has 0 bridgehead atoms. The fourth-order valence-electron chi connectivity index (χ4n) is 4.89. The summed E-state index contributed by atoms with van der Waals surface area (Å²) >= 11 is 6.16. The number of aryl methyl sites for hydroxylation is 2. The lowest BCUT2D eigenvalue weighted by Gasteiger charge is -2.30. The van der Waals surface area contributed by atoms with E-state index in [0.29, 0.717) is 22.0 Å². The number of hydrogen-bond donors (Lipinski definition) is 1. The summed E-state index contributed by atoms with van der Waals surface area (Å²) in [6, 6.07) is 21.0. The molecule has 1 atom stereocenters. The van der Waals surface area contributed by atoms with Gasteiger partial charge >= 0.3 is 0 Å². The second-order valence-corrected chi connectivity index (χ2v) is 10.8. The van der Waals surface area contributed by atoms with E-state index in [1.165, 1.54) is 49.8 Å². The van der Waals surface area contributed by atoms with Gasteiger partial charge in [-0.2, -0.15) is 0 Å². The third kappa shape index (κ3) is 5.98. The van der Waals surface area contributed by atoms with E-state index in [-0.39, 0.29) is 22.2 Å². The maximum Gasteiger partial charge on any atom is 0.300 e. The van der Waals surface area contributed by atoms with Crippen molar-refractivity contribution >= 4 is 51.5 Å². The number of carbonyl (C=O) groups excluding carboxylic acids is 3. The molecular weight excluding hydrogens is 580 g/mol. The molecule has 1 unspecified atom stereocenters. The number of halogens is 1. The minimum atomic E-state index is -1.60. The van der Waals surface area contributed by atoms with Crippen molar-refractivity contribution in [2.24, 2.45) is 0 Å². The fourth-order valence-corrected chi connectivity index (χ4v) is 5.02. The summed E-state index contributed by atoms with van der Waals surface area (Å²) in [5.74, 6) is -2.15. The van der Waals surface area contributed by atoms with E-state index in [1.54, 1.807) is 42.5 Å². The second kappa shape index (κ2) is 12.6. The Morgan fingerprint density at radius 1 is 0.909 bits per heavy atom. The number of fused-ring (bicyclic) bond motifs is 1. The van der Waals surface area contributed by atoms with E-state index >= 15 is 0 Å². The Balaban J connectivity index is 1.72. The molecule has 0 saturated heterocycles. The quantitative estimate of drug-likeness (QED) is 0.151. The van der Waals surface area contributed by atoms with Gasteiger partial charge in [-0.1, -0.05) is 35.4 Å². The van der Waals surface area contributed by atoms with Crippen molar-refractivity contribution < 1.29 is 23.5 Å². The van der Waals surface area contributed by atoms with Crippen molar-refractivity contribution in [2.45, 2.75) is 26.8 Å². The Morgan fingerprint density at radius 2 is 1.61 bits per heavy atom. The van der Waals surface area contributed by atoms with Gasteiger partial charge < -0.3 is 14.5 Å². The molecule has 0 radical (unpaired) electrons. The van der Waals surface area contributed by atoms with E-state index in [1.807, 2.05) is 26.8 Å². The molecule has 9 heteroatoms. The van der Waals surface area contributed by atoms with Gasteiger partial charge in [0.25, 0.3) is 17.6 Å². The molecule has 0 aliphatic rings. The summed E-state index contributed by atoms with van der Waals surface area (Å²) in [4.78, 5) is 57.3. The number of rotatable bonds is 8. The monoisotopic (exact) mass is 608 g/mol. The van der Waals surface area contributed by atoms with Gasteiger partial charge in [-0.05, 0) is 98.6 Å². The number of carbonyl (C=O) groups is 3. The second-order valence-electron chi connectivity index (χ2n) is 10.4. The molecule has 5 rings (SSSR count). The summed E-state index contributed by atoms with van der Waals surface area (Å²) in [5.41, 5.74) is 2.95. The normalized spacial score (nSPS) is 11.6. The van der Waals surface area contributed by atoms with Crippen LogP contribution in [0.3, 0.4) is 0 Å². The lowest BCUT2D eigenvalue weighted by Crippen LogP contribution is -2.46. The van der Waals surface area contributed by atoms with Crippen LogP contribution in [0.4, 0.5) is 11.4 Å². The van der Waals surface area contributed by atoms with E-state index < -0.39 is 29.1 Å². The zero-order chi connectivity index (χ0) is 31.5. The highest BCUT2D eigenvalue weighted by molar-refractivity contribution is 6.47. The highest BCUT2D eigenvalue weighted by atomic mass is 35.5. The summed E-state index contributed by atoms with van der Waals surface area (Å²) in [6.07, 6.45) is 1.17. The van der Waals surface area contributed by atoms with Gasteiger partial charge in [0.15, 0.2) is 5.43 Å². The van der Waals surface area contributed by atoms with Crippen molar-refractivity contribution in [1.82, 2.24) is 0 Å². The third-order valence-corrected chi connectivity index (χ3v) is 7.74. The van der Waals surface area contributed by atoms with Crippen LogP contribution < -0.4 is 20.4 Å². The zero-order valence-electron chi connectivity index (χ0n) is 24.5. The van der Waals surface area contributed by atoms with Crippen LogP contribution in [0.2, 0.25) is 5.02 Å². The van der Waals surface area contributed by atoms with Gasteiger partial charge in [-0.3, -0.25) is 24.1 Å². The number of benzene rings is 4. The smallest absolute Gasteiger partial charge is 0.300 e. The highest BCUT2D eigenvalue weighted by Gasteiger charge is 2.38. The van der Waals surface area contributed by atoms with Gasteiger partial charge in [0.1, 0.15) is 23.6 Å². The number of Topliss-reactive ketones (excluding diaryl/α,β-unsaturated/α-hetero) is 1. The van der Waals surface area contributed by atoms with Gasteiger partial charge in [0.2, 0.25) is 0 Å². The molecule has 8 nitrogen and oxygen atoms in total. The Morgan fingerprint density at radius 3 is 2.30 bits per heavy atom. The van der Waals surface area contributed by atoms with Crippen LogP contribution in [0.15, 0.2) is 100 Å². The number of hydrogen-bond acceptors (Lipinski definition) is 6. The SMILES string of the molecule is COc1ccc(C(=O)C(=O)N(c2ccc(Cl)cc2)C(C(=O)Nc2cccc(C)c2C)c2coc3ccc(C)cc3c2=O)cc1. The molecule has 0 aliphatic carbocycles. The topological polar surface area (TPSA) is 106 Å². The Labute approximate surface area is 258 Å². The maximum absolute atomic E-state index is 14.3. The minimum absolute atomic E-state index is 0.0737. The molecule has 44 heavy (non-hydrogen) atoms. The molecule has 4 aromatic carbocycles. The van der Waals surface area contributed by atoms with Crippen LogP contribution in [-0.4, -0.2) is 24.7 Å². The largest absolute Gasteiger partial charge is 0.497 e. The van der Waals surface area contributed by atoms with Gasteiger partial charge in [-0.25, -0.2) is 0 Å². The first-order chi connectivity index (χ1) is 21.1. The number of nitrogens with one attached hydrogen (secondary N) is 1. The van der Waals surface area contributed by atoms with Crippen LogP contribution in [0.25, 0.3) is 11.0 Å². The van der Waals surface area contributed by atoms with Gasteiger partial charge in [0.05, 0.1) is 18.1 Å². The molecule has 222 valence electrons. The summed E-state index contributed by atoms with van der Waals surface area (Å²) in [5, 5.41) is 3.49. The first-order valence-electron chi connectivity index (χ1n) is 13.8. The summed E-state index contributed by atoms with van der Waals surface area (Å²) in [7, 11) is 1.49. The van der Waals surface area contributed by atoms with E-state index in [0.717, 1.165) is 21.6 Å². The molecule has 0 spiro atoms. The van der Waals surface area contributed by atoms with Gasteiger partial charge in [0, 0.05) is 22.0 Å². The number of ether oxygens (including phenoxy) is 1. The van der Waals surface area contributed by atoms with Gasteiger partial charge in [-0.15, -0.1) is 0 Å². The predicted octanol–water partition coefficient (Wildman–Crippen LogP) is 6.98. The van der Waals surface area contributed by atoms with E-state index in [9.17, 15) is 19.2 Å². The predicted molar refractivity (Wildman–Crippen MR) is 171 cm³/mol. The molecule has 0 fully saturated rings. The lowest BCUT2D eigenvalue weighted by atomic mass is 10.00. The minimum Gasteiger partial charge on any atom is -0.497 e. The average Bonchev–Trinajstić information content (AvgIpc) is 3.03. The molecule has 0 aliphatic heterocycles. The lowest BCUT2D eigenvalue weighted by molar-refractivity contribution is -0.121. The standard InChI is InChI=1S/C35H29ClN2O6/c1-20-8-17-30-27(18-20)33(40)28(19-44-30)31(34(41)37-29-7-5-6-21(2)22(29)3)38(25-13-11-24(36)12-14-25)35(42)32(39)23-9-15-26(43-4)16-10-23/h5-19,31H,1-4H3,(H,37,41). The molecule has 1 heterocycles. The van der Waals surface area contributed by atoms with Crippen molar-refractivity contribution in [1.29, 1.82) is 0 Å². The molecule has 1 aromatic heterocycles. The van der Waals surface area contributed by atoms with Crippen molar-refractivity contribution in [3.63, 3.8) is 0 Å². The van der Waals surface area contributed by atoms with Crippen molar-refractivity contribution in [2.75, 3.05) is 17.3 Å². The third-order valence-electron chi connectivity index (χ3n) is 7.49. The first kappa shape index (κ1) is 30.3. The molecule has 5 aromatic rings. The number of amides is 2. The summed E-state index contributed by atoms with van der Waals surface area (Å²) < 4.78 is 11.0. The number of ketones is 1. The van der Waals surface area contributed by atoms with E-state index in [2.05, 4.69) is 5.32 Å². The Bertz CT molecular complexity index is 1950. The van der Waals surface area contributed by atoms with Crippen LogP contribution in [-0.2, 0) is 9.59 Å². The van der Waals surface area contributed by atoms with Crippen molar-refractivity contribution in [3.05, 3.63) is 134 Å². The van der Waals surface area contributed by atoms with Crippen LogP contribution in [0, 0.1) is 20.8 Å². The zero-order valence-corrected chi connectivity index (χ0v) is 25.3. The molecule has 1 N–H and O–H groups in total. The molecular formula is C35H29ClN2O6. The van der Waals surface area contributed by atoms with Crippen LogP contribution in [0.1, 0.15) is 38.7 Å². The number of methoxy groups -OCH3 is 1. The maximum atomic E-state index is 14.3. The highest BCUT2D eigenvalue weighted by Crippen LogP contribution is 2.31.